The summed E-state index contributed by atoms with van der Waals surface area (Å²) in [5.74, 6) is 0.171. The molecule has 0 radical (unpaired) electrons. The first-order valence-electron chi connectivity index (χ1n) is 6.86. The van der Waals surface area contributed by atoms with Crippen LogP contribution in [0.25, 0.3) is 0 Å². The number of carbonyl (C=O) groups is 1. The molecule has 1 aromatic rings. The molecule has 1 amide bonds. The first-order chi connectivity index (χ1) is 9.09. The third-order valence-corrected chi connectivity index (χ3v) is 3.51. The molecule has 1 heterocycles. The molecule has 0 spiro atoms. The molecule has 4 nitrogen and oxygen atoms in total. The number of carbonyl (C=O) groups excluding carboxylic acids is 1. The summed E-state index contributed by atoms with van der Waals surface area (Å²) in [5, 5.41) is 3.36. The minimum atomic E-state index is -0.125. The van der Waals surface area contributed by atoms with E-state index >= 15 is 0 Å². The smallest absolute Gasteiger partial charge is 0.245 e. The van der Waals surface area contributed by atoms with Crippen molar-refractivity contribution in [3.63, 3.8) is 0 Å². The highest BCUT2D eigenvalue weighted by molar-refractivity contribution is 5.98. The van der Waals surface area contributed by atoms with Crippen LogP contribution in [0.3, 0.4) is 0 Å². The van der Waals surface area contributed by atoms with Gasteiger partial charge in [0.05, 0.1) is 0 Å². The van der Waals surface area contributed by atoms with Gasteiger partial charge in [-0.2, -0.15) is 0 Å². The fourth-order valence-electron chi connectivity index (χ4n) is 2.55. The third-order valence-electron chi connectivity index (χ3n) is 3.51. The summed E-state index contributed by atoms with van der Waals surface area (Å²) in [6.45, 7) is 3.73. The van der Waals surface area contributed by atoms with Crippen molar-refractivity contribution in [1.82, 2.24) is 10.2 Å². The van der Waals surface area contributed by atoms with Gasteiger partial charge < -0.3 is 15.1 Å². The molecule has 0 aromatic heterocycles. The molecule has 1 saturated heterocycles. The summed E-state index contributed by atoms with van der Waals surface area (Å²) in [6.07, 6.45) is 0.977. The van der Waals surface area contributed by atoms with Crippen molar-refractivity contribution in [1.29, 1.82) is 0 Å². The highest BCUT2D eigenvalue weighted by atomic mass is 16.2. The molecule has 0 bridgehead atoms. The predicted molar refractivity (Wildman–Crippen MR) is 78.4 cm³/mol. The van der Waals surface area contributed by atoms with Crippen molar-refractivity contribution in [2.75, 3.05) is 32.1 Å². The average Bonchev–Trinajstić information content (AvgIpc) is 2.50. The SMILES string of the molecule is CC1CCNC(CN(C)C)C(=O)N1c1ccccc1. The molecular weight excluding hydrogens is 238 g/mol. The van der Waals surface area contributed by atoms with E-state index < -0.39 is 0 Å². The Labute approximate surface area is 115 Å². The van der Waals surface area contributed by atoms with Crippen LogP contribution in [0.1, 0.15) is 13.3 Å². The zero-order valence-electron chi connectivity index (χ0n) is 12.0. The molecule has 19 heavy (non-hydrogen) atoms. The Bertz CT molecular complexity index is 419. The van der Waals surface area contributed by atoms with Gasteiger partial charge in [-0.05, 0) is 46.1 Å². The van der Waals surface area contributed by atoms with Crippen molar-refractivity contribution >= 4 is 11.6 Å². The number of likely N-dealkylation sites (N-methyl/N-ethyl adjacent to an activating group) is 1. The van der Waals surface area contributed by atoms with Gasteiger partial charge in [-0.3, -0.25) is 4.79 Å². The lowest BCUT2D eigenvalue weighted by molar-refractivity contribution is -0.120. The molecule has 2 atom stereocenters. The van der Waals surface area contributed by atoms with E-state index in [1.165, 1.54) is 0 Å². The number of hydrogen-bond donors (Lipinski definition) is 1. The van der Waals surface area contributed by atoms with E-state index in [0.717, 1.165) is 25.2 Å². The fraction of sp³-hybridized carbons (Fsp3) is 0.533. The van der Waals surface area contributed by atoms with Gasteiger partial charge in [0.15, 0.2) is 0 Å². The van der Waals surface area contributed by atoms with Crippen LogP contribution in [-0.2, 0) is 4.79 Å². The molecule has 1 N–H and O–H groups in total. The van der Waals surface area contributed by atoms with Gasteiger partial charge >= 0.3 is 0 Å². The van der Waals surface area contributed by atoms with Gasteiger partial charge in [-0.15, -0.1) is 0 Å². The van der Waals surface area contributed by atoms with Crippen LogP contribution in [0.4, 0.5) is 5.69 Å². The number of anilines is 1. The molecule has 1 aromatic carbocycles. The second-order valence-corrected chi connectivity index (χ2v) is 5.45. The van der Waals surface area contributed by atoms with E-state index in [4.69, 9.17) is 0 Å². The summed E-state index contributed by atoms with van der Waals surface area (Å²) >= 11 is 0. The number of amides is 1. The second kappa shape index (κ2) is 6.17. The molecule has 104 valence electrons. The van der Waals surface area contributed by atoms with Crippen LogP contribution in [0.15, 0.2) is 30.3 Å². The van der Waals surface area contributed by atoms with Gasteiger partial charge in [-0.1, -0.05) is 18.2 Å². The van der Waals surface area contributed by atoms with E-state index in [1.807, 2.05) is 49.3 Å². The topological polar surface area (TPSA) is 35.6 Å². The maximum absolute atomic E-state index is 12.7. The van der Waals surface area contributed by atoms with Crippen LogP contribution < -0.4 is 10.2 Å². The lowest BCUT2D eigenvalue weighted by atomic mass is 10.1. The Morgan fingerprint density at radius 2 is 2.00 bits per heavy atom. The lowest BCUT2D eigenvalue weighted by Gasteiger charge is -2.30. The number of rotatable bonds is 3. The average molecular weight is 261 g/mol. The monoisotopic (exact) mass is 261 g/mol. The quantitative estimate of drug-likeness (QED) is 0.891. The second-order valence-electron chi connectivity index (χ2n) is 5.45. The number of hydrogen-bond acceptors (Lipinski definition) is 3. The number of benzene rings is 1. The van der Waals surface area contributed by atoms with Gasteiger partial charge in [0.25, 0.3) is 0 Å². The van der Waals surface area contributed by atoms with Crippen LogP contribution in [0, 0.1) is 0 Å². The van der Waals surface area contributed by atoms with Crippen molar-refractivity contribution in [2.24, 2.45) is 0 Å². The molecular formula is C15H23N3O. The Morgan fingerprint density at radius 3 is 2.63 bits per heavy atom. The molecule has 1 aliphatic rings. The minimum absolute atomic E-state index is 0.125. The molecule has 1 fully saturated rings. The van der Waals surface area contributed by atoms with Crippen LogP contribution in [0.5, 0.6) is 0 Å². The van der Waals surface area contributed by atoms with Crippen LogP contribution in [0.2, 0.25) is 0 Å². The summed E-state index contributed by atoms with van der Waals surface area (Å²) in [5.41, 5.74) is 0.993. The minimum Gasteiger partial charge on any atom is -0.308 e. The Hall–Kier alpha value is -1.39. The summed E-state index contributed by atoms with van der Waals surface area (Å²) in [6, 6.07) is 10.1. The van der Waals surface area contributed by atoms with Gasteiger partial charge in [0, 0.05) is 18.3 Å². The Kier molecular flexibility index (Phi) is 4.56. The highest BCUT2D eigenvalue weighted by Gasteiger charge is 2.31. The van der Waals surface area contributed by atoms with Crippen molar-refractivity contribution in [3.8, 4) is 0 Å². The first kappa shape index (κ1) is 14.0. The van der Waals surface area contributed by atoms with Crippen LogP contribution in [-0.4, -0.2) is 50.1 Å². The molecule has 2 rings (SSSR count). The van der Waals surface area contributed by atoms with E-state index in [9.17, 15) is 4.79 Å². The largest absolute Gasteiger partial charge is 0.308 e. The first-order valence-corrected chi connectivity index (χ1v) is 6.86. The zero-order chi connectivity index (χ0) is 13.8. The normalized spacial score (nSPS) is 24.6. The number of nitrogens with zero attached hydrogens (tertiary/aromatic N) is 2. The number of para-hydroxylation sites is 1. The summed E-state index contributed by atoms with van der Waals surface area (Å²) in [7, 11) is 3.99. The van der Waals surface area contributed by atoms with Crippen molar-refractivity contribution < 1.29 is 4.79 Å². The van der Waals surface area contributed by atoms with Gasteiger partial charge in [-0.25, -0.2) is 0 Å². The van der Waals surface area contributed by atoms with E-state index in [1.54, 1.807) is 0 Å². The molecule has 0 saturated carbocycles. The van der Waals surface area contributed by atoms with Gasteiger partial charge in [0.1, 0.15) is 6.04 Å². The maximum atomic E-state index is 12.7. The summed E-state index contributed by atoms with van der Waals surface area (Å²) < 4.78 is 0. The maximum Gasteiger partial charge on any atom is 0.245 e. The van der Waals surface area contributed by atoms with Crippen LogP contribution >= 0.6 is 0 Å². The predicted octanol–water partition coefficient (Wildman–Crippen LogP) is 1.33. The fourth-order valence-corrected chi connectivity index (χ4v) is 2.55. The zero-order valence-corrected chi connectivity index (χ0v) is 12.0. The molecule has 4 heteroatoms. The van der Waals surface area contributed by atoms with Crippen molar-refractivity contribution in [3.05, 3.63) is 30.3 Å². The molecule has 2 unspecified atom stereocenters. The molecule has 1 aliphatic heterocycles. The van der Waals surface area contributed by atoms with Crippen molar-refractivity contribution in [2.45, 2.75) is 25.4 Å². The number of nitrogens with one attached hydrogen (secondary N) is 1. The van der Waals surface area contributed by atoms with Gasteiger partial charge in [0.2, 0.25) is 5.91 Å². The highest BCUT2D eigenvalue weighted by Crippen LogP contribution is 2.21. The van der Waals surface area contributed by atoms with E-state index in [-0.39, 0.29) is 18.0 Å². The standard InChI is InChI=1S/C15H23N3O/c1-12-9-10-16-14(11-17(2)3)15(19)18(12)13-7-5-4-6-8-13/h4-8,12,14,16H,9-11H2,1-3H3. The lowest BCUT2D eigenvalue weighted by Crippen LogP contribution is -2.50. The third kappa shape index (κ3) is 3.33. The Morgan fingerprint density at radius 1 is 1.32 bits per heavy atom. The van der Waals surface area contributed by atoms with E-state index in [2.05, 4.69) is 17.1 Å². The Balaban J connectivity index is 2.25. The van der Waals surface area contributed by atoms with E-state index in [0.29, 0.717) is 0 Å². The summed E-state index contributed by atoms with van der Waals surface area (Å²) in [4.78, 5) is 16.7. The molecule has 0 aliphatic carbocycles.